The van der Waals surface area contributed by atoms with Crippen molar-refractivity contribution >= 4 is 5.91 Å². The Morgan fingerprint density at radius 1 is 1.27 bits per heavy atom. The summed E-state index contributed by atoms with van der Waals surface area (Å²) in [6.07, 6.45) is 6.84. The van der Waals surface area contributed by atoms with Crippen LogP contribution >= 0.6 is 0 Å². The summed E-state index contributed by atoms with van der Waals surface area (Å²) < 4.78 is 0. The van der Waals surface area contributed by atoms with Gasteiger partial charge in [-0.25, -0.2) is 0 Å². The van der Waals surface area contributed by atoms with Crippen LogP contribution in [-0.2, 0) is 4.79 Å². The fourth-order valence-corrected chi connectivity index (χ4v) is 2.56. The monoisotopic (exact) mass is 307 g/mol. The molecule has 0 N–H and O–H groups in total. The summed E-state index contributed by atoms with van der Waals surface area (Å²) in [7, 11) is 0. The molecule has 0 fully saturated rings. The van der Waals surface area contributed by atoms with Crippen molar-refractivity contribution < 1.29 is 4.79 Å². The topological polar surface area (TPSA) is 20.3 Å². The Balaban J connectivity index is 0. The second-order valence-electron chi connectivity index (χ2n) is 4.77. The molecule has 1 amide bonds. The van der Waals surface area contributed by atoms with E-state index in [2.05, 4.69) is 19.6 Å². The molecule has 1 aliphatic heterocycles. The van der Waals surface area contributed by atoms with E-state index in [0.29, 0.717) is 0 Å². The molecule has 0 aromatic carbocycles. The quantitative estimate of drug-likeness (QED) is 0.613. The van der Waals surface area contributed by atoms with Gasteiger partial charge in [-0.05, 0) is 44.3 Å². The third kappa shape index (κ3) is 5.82. The number of carbonyl (C=O) groups excluding carboxylic acids is 1. The standard InChI is InChI=1S/C16H25NO.2C2H6/c1-6-13(7-2)15-14(8-3)11-10-12(5)16(18)17(15)9-4;2*1-2/h6,8,12H,3,7,9-11H2,1-2,4-5H3;2*1-2H3/b13-6-;;. The Bertz CT molecular complexity index is 391. The van der Waals surface area contributed by atoms with E-state index in [1.54, 1.807) is 0 Å². The average Bonchev–Trinajstić information content (AvgIpc) is 2.70. The van der Waals surface area contributed by atoms with Crippen LogP contribution in [0.4, 0.5) is 0 Å². The lowest BCUT2D eigenvalue weighted by molar-refractivity contribution is -0.132. The zero-order valence-electron chi connectivity index (χ0n) is 16.1. The molecule has 22 heavy (non-hydrogen) atoms. The highest BCUT2D eigenvalue weighted by molar-refractivity contribution is 5.82. The Morgan fingerprint density at radius 2 is 1.82 bits per heavy atom. The summed E-state index contributed by atoms with van der Waals surface area (Å²) in [4.78, 5) is 14.4. The molecule has 0 radical (unpaired) electrons. The van der Waals surface area contributed by atoms with E-state index in [1.165, 1.54) is 11.1 Å². The highest BCUT2D eigenvalue weighted by Gasteiger charge is 2.28. The normalized spacial score (nSPS) is 18.7. The van der Waals surface area contributed by atoms with Gasteiger partial charge in [0.1, 0.15) is 0 Å². The number of hydrogen-bond acceptors (Lipinski definition) is 1. The first-order chi connectivity index (χ1) is 10.6. The summed E-state index contributed by atoms with van der Waals surface area (Å²) in [6, 6.07) is 0. The number of hydrogen-bond donors (Lipinski definition) is 0. The predicted octanol–water partition coefficient (Wildman–Crippen LogP) is 6.11. The number of allylic oxidation sites excluding steroid dienone is 4. The zero-order chi connectivity index (χ0) is 17.7. The lowest BCUT2D eigenvalue weighted by atomic mass is 9.99. The van der Waals surface area contributed by atoms with Gasteiger partial charge in [0.2, 0.25) is 5.91 Å². The molecular weight excluding hydrogens is 270 g/mol. The molecule has 0 bridgehead atoms. The van der Waals surface area contributed by atoms with Crippen molar-refractivity contribution in [2.24, 2.45) is 5.92 Å². The molecule has 1 heterocycles. The van der Waals surface area contributed by atoms with Crippen LogP contribution in [0.3, 0.4) is 0 Å². The fourth-order valence-electron chi connectivity index (χ4n) is 2.56. The molecule has 1 aliphatic rings. The van der Waals surface area contributed by atoms with Crippen molar-refractivity contribution in [2.75, 3.05) is 6.54 Å². The van der Waals surface area contributed by atoms with Crippen LogP contribution in [0, 0.1) is 5.92 Å². The predicted molar refractivity (Wildman–Crippen MR) is 99.8 cm³/mol. The molecule has 0 aromatic heterocycles. The summed E-state index contributed by atoms with van der Waals surface area (Å²) >= 11 is 0. The Morgan fingerprint density at radius 3 is 2.18 bits per heavy atom. The molecular formula is C20H37NO. The van der Waals surface area contributed by atoms with Crippen molar-refractivity contribution in [3.8, 4) is 0 Å². The van der Waals surface area contributed by atoms with E-state index in [0.717, 1.165) is 31.5 Å². The van der Waals surface area contributed by atoms with E-state index in [1.807, 2.05) is 59.4 Å². The largest absolute Gasteiger partial charge is 0.312 e. The maximum Gasteiger partial charge on any atom is 0.229 e. The summed E-state index contributed by atoms with van der Waals surface area (Å²) in [5.74, 6) is 0.351. The Kier molecular flexibility index (Phi) is 13.9. The first kappa shape index (κ1) is 23.0. The molecule has 0 spiro atoms. The molecule has 1 atom stereocenters. The molecule has 1 unspecified atom stereocenters. The van der Waals surface area contributed by atoms with Crippen molar-refractivity contribution in [1.29, 1.82) is 0 Å². The van der Waals surface area contributed by atoms with Gasteiger partial charge in [-0.3, -0.25) is 4.79 Å². The maximum absolute atomic E-state index is 12.4. The molecule has 2 nitrogen and oxygen atoms in total. The van der Waals surface area contributed by atoms with Gasteiger partial charge in [-0.2, -0.15) is 0 Å². The lowest BCUT2D eigenvalue weighted by Crippen LogP contribution is -2.34. The van der Waals surface area contributed by atoms with Crippen LogP contribution in [0.1, 0.15) is 74.7 Å². The van der Waals surface area contributed by atoms with Crippen LogP contribution in [0.25, 0.3) is 0 Å². The summed E-state index contributed by atoms with van der Waals surface area (Å²) in [6.45, 7) is 20.9. The minimum Gasteiger partial charge on any atom is -0.312 e. The molecule has 0 saturated carbocycles. The number of nitrogens with zero attached hydrogens (tertiary/aromatic N) is 1. The van der Waals surface area contributed by atoms with Gasteiger partial charge < -0.3 is 4.90 Å². The lowest BCUT2D eigenvalue weighted by Gasteiger charge is -2.27. The molecule has 2 heteroatoms. The Labute approximate surface area is 139 Å². The summed E-state index contributed by atoms with van der Waals surface area (Å²) in [5.41, 5.74) is 3.56. The van der Waals surface area contributed by atoms with Gasteiger partial charge >= 0.3 is 0 Å². The average molecular weight is 308 g/mol. The molecule has 128 valence electrons. The second-order valence-corrected chi connectivity index (χ2v) is 4.77. The van der Waals surface area contributed by atoms with Gasteiger partial charge in [0.05, 0.1) is 0 Å². The smallest absolute Gasteiger partial charge is 0.229 e. The number of rotatable bonds is 4. The van der Waals surface area contributed by atoms with E-state index in [-0.39, 0.29) is 11.8 Å². The molecule has 0 aromatic rings. The second kappa shape index (κ2) is 13.4. The van der Waals surface area contributed by atoms with E-state index in [4.69, 9.17) is 0 Å². The van der Waals surface area contributed by atoms with Gasteiger partial charge in [0.15, 0.2) is 0 Å². The maximum atomic E-state index is 12.4. The third-order valence-corrected chi connectivity index (χ3v) is 3.70. The highest BCUT2D eigenvalue weighted by atomic mass is 16.2. The molecule has 1 rings (SSSR count). The van der Waals surface area contributed by atoms with E-state index < -0.39 is 0 Å². The summed E-state index contributed by atoms with van der Waals surface area (Å²) in [5, 5.41) is 0. The molecule has 0 aliphatic carbocycles. The zero-order valence-corrected chi connectivity index (χ0v) is 16.1. The number of amides is 1. The number of likely N-dealkylation sites (N-methyl/N-ethyl adjacent to an activating group) is 1. The fraction of sp³-hybridized carbons (Fsp3) is 0.650. The van der Waals surface area contributed by atoms with Gasteiger partial charge in [0, 0.05) is 18.2 Å². The SMILES string of the molecule is C=CC1=C(/C(=C\C)CC)N(CC)C(=O)C(C)CC1.CC.CC. The first-order valence-corrected chi connectivity index (χ1v) is 8.93. The van der Waals surface area contributed by atoms with Crippen LogP contribution in [0.5, 0.6) is 0 Å². The van der Waals surface area contributed by atoms with Crippen molar-refractivity contribution in [3.63, 3.8) is 0 Å². The minimum absolute atomic E-state index is 0.104. The Hall–Kier alpha value is -1.31. The first-order valence-electron chi connectivity index (χ1n) is 8.93. The third-order valence-electron chi connectivity index (χ3n) is 3.70. The van der Waals surface area contributed by atoms with Crippen LogP contribution in [0.2, 0.25) is 0 Å². The van der Waals surface area contributed by atoms with Crippen LogP contribution in [0.15, 0.2) is 35.6 Å². The highest BCUT2D eigenvalue weighted by Crippen LogP contribution is 2.31. The van der Waals surface area contributed by atoms with E-state index >= 15 is 0 Å². The van der Waals surface area contributed by atoms with Gasteiger partial charge in [-0.15, -0.1) is 0 Å². The van der Waals surface area contributed by atoms with Gasteiger partial charge in [-0.1, -0.05) is 60.3 Å². The number of carbonyl (C=O) groups is 1. The minimum atomic E-state index is 0.104. The van der Waals surface area contributed by atoms with Gasteiger partial charge in [0.25, 0.3) is 0 Å². The van der Waals surface area contributed by atoms with E-state index in [9.17, 15) is 4.79 Å². The van der Waals surface area contributed by atoms with Crippen LogP contribution in [-0.4, -0.2) is 17.4 Å². The van der Waals surface area contributed by atoms with Crippen LogP contribution < -0.4 is 0 Å². The van der Waals surface area contributed by atoms with Crippen molar-refractivity contribution in [1.82, 2.24) is 4.90 Å². The van der Waals surface area contributed by atoms with Crippen molar-refractivity contribution in [3.05, 3.63) is 35.6 Å². The molecule has 0 saturated heterocycles. The van der Waals surface area contributed by atoms with Crippen molar-refractivity contribution in [2.45, 2.75) is 74.7 Å².